The fraction of sp³-hybridized carbons (Fsp3) is 0.333. The zero-order valence-electron chi connectivity index (χ0n) is 31.9. The molecule has 0 fully saturated rings. The van der Waals surface area contributed by atoms with Crippen molar-refractivity contribution < 1.29 is 9.37 Å². The third-order valence-corrected chi connectivity index (χ3v) is 11.1. The highest BCUT2D eigenvalue weighted by Crippen LogP contribution is 2.44. The average molecular weight is 674 g/mol. The summed E-state index contributed by atoms with van der Waals surface area (Å²) >= 11 is 0. The summed E-state index contributed by atoms with van der Waals surface area (Å²) in [6, 6.07) is 34.0. The number of nitrogens with zero attached hydrogens (tertiary/aromatic N) is 3. The monoisotopic (exact) mass is 673 g/mol. The number of ether oxygens (including phenoxy) is 1. The molecule has 6 aromatic rings. The first-order valence-electron chi connectivity index (χ1n) is 18.2. The minimum Gasteiger partial charge on any atom is -0.458 e. The molecule has 2 aliphatic heterocycles. The second-order valence-corrected chi connectivity index (χ2v) is 18.2. The molecule has 2 aliphatic rings. The Bertz CT molecular complexity index is 2260. The maximum atomic E-state index is 6.77. The van der Waals surface area contributed by atoms with E-state index in [1.807, 2.05) is 6.07 Å². The topological polar surface area (TPSA) is 51.4 Å². The van der Waals surface area contributed by atoms with Crippen molar-refractivity contribution in [3.05, 3.63) is 119 Å². The van der Waals surface area contributed by atoms with Gasteiger partial charge in [-0.1, -0.05) is 118 Å². The molecular weight excluding hydrogens is 625 g/mol. The summed E-state index contributed by atoms with van der Waals surface area (Å²) in [7, 11) is 0. The van der Waals surface area contributed by atoms with E-state index in [2.05, 4.69) is 176 Å². The second kappa shape index (κ2) is 11.1. The van der Waals surface area contributed by atoms with Crippen LogP contribution in [-0.4, -0.2) is 17.0 Å². The Morgan fingerprint density at radius 3 is 1.61 bits per heavy atom. The third kappa shape index (κ3) is 5.46. The van der Waals surface area contributed by atoms with Gasteiger partial charge in [-0.2, -0.15) is 0 Å². The fourth-order valence-electron chi connectivity index (χ4n) is 7.99. The van der Waals surface area contributed by atoms with Gasteiger partial charge in [0.15, 0.2) is 0 Å². The molecule has 0 unspecified atom stereocenters. The molecule has 1 aromatic heterocycles. The largest absolute Gasteiger partial charge is 0.458 e. The van der Waals surface area contributed by atoms with E-state index < -0.39 is 0 Å². The van der Waals surface area contributed by atoms with Crippen LogP contribution in [-0.2, 0) is 21.7 Å². The molecule has 0 bridgehead atoms. The van der Waals surface area contributed by atoms with E-state index in [4.69, 9.17) is 9.37 Å². The molecule has 0 saturated carbocycles. The van der Waals surface area contributed by atoms with Gasteiger partial charge in [0.05, 0.1) is 0 Å². The molecule has 0 N–H and O–H groups in total. The number of hydrogen-bond donors (Lipinski definition) is 0. The highest BCUT2D eigenvalue weighted by Gasteiger charge is 2.46. The van der Waals surface area contributed by atoms with Crippen molar-refractivity contribution in [2.45, 2.75) is 97.8 Å². The van der Waals surface area contributed by atoms with Gasteiger partial charge in [-0.15, -0.1) is 0 Å². The second-order valence-electron chi connectivity index (χ2n) is 18.2. The number of rotatable bonds is 3. The van der Waals surface area contributed by atoms with Gasteiger partial charge in [-0.25, -0.2) is 4.63 Å². The summed E-state index contributed by atoms with van der Waals surface area (Å²) < 4.78 is 11.9. The Hall–Kier alpha value is -4.84. The van der Waals surface area contributed by atoms with Gasteiger partial charge in [0, 0.05) is 28.5 Å². The van der Waals surface area contributed by atoms with Crippen molar-refractivity contribution in [2.24, 2.45) is 0 Å². The standard InChI is InChI=1S/C45H48BN3O2/c1-42(2,3)27-12-16-30(17-13-27)49(31-18-14-28(15-19-31)43(4,5)6)32-20-21-35-33(24-32)45(10,11)34-22-29(44(7,8)9)23-40-41(34)46(35)36-25-37-38(48-51-47-37)26-39(36)50-40/h12-26H,1-11H3. The lowest BCUT2D eigenvalue weighted by Crippen LogP contribution is -2.62. The van der Waals surface area contributed by atoms with E-state index in [1.54, 1.807) is 0 Å². The van der Waals surface area contributed by atoms with Crippen LogP contribution in [0.1, 0.15) is 104 Å². The van der Waals surface area contributed by atoms with Crippen LogP contribution >= 0.6 is 0 Å². The molecule has 5 aromatic carbocycles. The van der Waals surface area contributed by atoms with E-state index in [0.717, 1.165) is 39.5 Å². The SMILES string of the molecule is CC(C)(C)c1ccc(N(c2ccc(C(C)(C)C)cc2)c2ccc3c(c2)C(C)(C)c2cc(C(C)(C)C)cc4c2B3c2cc3nonc3cc2O4)cc1. The van der Waals surface area contributed by atoms with Gasteiger partial charge in [-0.3, -0.25) is 0 Å². The number of anilines is 3. The number of aromatic nitrogens is 2. The lowest BCUT2D eigenvalue weighted by molar-refractivity contribution is 0.315. The summed E-state index contributed by atoms with van der Waals surface area (Å²) in [6.45, 7) is 25.1. The van der Waals surface area contributed by atoms with Crippen LogP contribution in [0.3, 0.4) is 0 Å². The summed E-state index contributed by atoms with van der Waals surface area (Å²) in [5, 5.41) is 8.37. The molecule has 0 atom stereocenters. The lowest BCUT2D eigenvalue weighted by Gasteiger charge is -2.43. The molecule has 0 radical (unpaired) electrons. The van der Waals surface area contributed by atoms with Crippen molar-refractivity contribution >= 4 is 51.2 Å². The Morgan fingerprint density at radius 1 is 0.529 bits per heavy atom. The van der Waals surface area contributed by atoms with Gasteiger partial charge in [0.25, 0.3) is 6.71 Å². The smallest absolute Gasteiger partial charge is 0.251 e. The molecule has 258 valence electrons. The highest BCUT2D eigenvalue weighted by molar-refractivity contribution is 6.98. The van der Waals surface area contributed by atoms with Gasteiger partial charge >= 0.3 is 0 Å². The van der Waals surface area contributed by atoms with Crippen molar-refractivity contribution in [2.75, 3.05) is 4.90 Å². The first-order chi connectivity index (χ1) is 23.9. The van der Waals surface area contributed by atoms with E-state index in [0.29, 0.717) is 5.52 Å². The maximum absolute atomic E-state index is 6.77. The lowest BCUT2D eigenvalue weighted by atomic mass is 9.30. The Morgan fingerprint density at radius 2 is 1.06 bits per heavy atom. The molecule has 5 nitrogen and oxygen atoms in total. The van der Waals surface area contributed by atoms with Crippen molar-refractivity contribution in [3.63, 3.8) is 0 Å². The minimum atomic E-state index is -0.300. The minimum absolute atomic E-state index is 0.0171. The van der Waals surface area contributed by atoms with Crippen LogP contribution in [0.15, 0.2) is 95.6 Å². The van der Waals surface area contributed by atoms with Crippen LogP contribution in [0.4, 0.5) is 17.1 Å². The van der Waals surface area contributed by atoms with Crippen molar-refractivity contribution in [3.8, 4) is 11.5 Å². The van der Waals surface area contributed by atoms with E-state index in [1.165, 1.54) is 38.7 Å². The molecule has 0 spiro atoms. The van der Waals surface area contributed by atoms with Crippen molar-refractivity contribution in [1.29, 1.82) is 0 Å². The van der Waals surface area contributed by atoms with E-state index in [9.17, 15) is 0 Å². The zero-order chi connectivity index (χ0) is 36.2. The van der Waals surface area contributed by atoms with Crippen LogP contribution in [0, 0.1) is 0 Å². The zero-order valence-corrected chi connectivity index (χ0v) is 31.9. The molecule has 6 heteroatoms. The van der Waals surface area contributed by atoms with Crippen LogP contribution < -0.4 is 26.0 Å². The fourth-order valence-corrected chi connectivity index (χ4v) is 7.99. The van der Waals surface area contributed by atoms with Crippen LogP contribution in [0.25, 0.3) is 11.0 Å². The number of fused-ring (bicyclic) bond motifs is 5. The van der Waals surface area contributed by atoms with Crippen molar-refractivity contribution in [1.82, 2.24) is 10.3 Å². The van der Waals surface area contributed by atoms with Crippen LogP contribution in [0.5, 0.6) is 11.5 Å². The summed E-state index contributed by atoms with van der Waals surface area (Å²) in [4.78, 5) is 2.41. The Labute approximate surface area is 303 Å². The molecule has 8 rings (SSSR count). The Balaban J connectivity index is 1.35. The van der Waals surface area contributed by atoms with E-state index in [-0.39, 0.29) is 28.4 Å². The summed E-state index contributed by atoms with van der Waals surface area (Å²) in [6.07, 6.45) is 0. The summed E-state index contributed by atoms with van der Waals surface area (Å²) in [5.41, 5.74) is 14.7. The van der Waals surface area contributed by atoms with Gasteiger partial charge in [0.1, 0.15) is 22.5 Å². The predicted molar refractivity (Wildman–Crippen MR) is 212 cm³/mol. The number of benzene rings is 5. The molecule has 51 heavy (non-hydrogen) atoms. The Kier molecular flexibility index (Phi) is 7.24. The van der Waals surface area contributed by atoms with Crippen LogP contribution in [0.2, 0.25) is 0 Å². The molecule has 0 saturated heterocycles. The number of hydrogen-bond acceptors (Lipinski definition) is 5. The molecular formula is C45H48BN3O2. The maximum Gasteiger partial charge on any atom is 0.251 e. The van der Waals surface area contributed by atoms with Gasteiger partial charge < -0.3 is 9.64 Å². The van der Waals surface area contributed by atoms with E-state index >= 15 is 0 Å². The first-order valence-corrected chi connectivity index (χ1v) is 18.2. The molecule has 0 amide bonds. The summed E-state index contributed by atoms with van der Waals surface area (Å²) in [5.74, 6) is 1.73. The van der Waals surface area contributed by atoms with Gasteiger partial charge in [0.2, 0.25) is 0 Å². The first kappa shape index (κ1) is 33.3. The quantitative estimate of drug-likeness (QED) is 0.175. The van der Waals surface area contributed by atoms with Gasteiger partial charge in [-0.05, 0) is 114 Å². The normalized spacial score (nSPS) is 14.8. The third-order valence-electron chi connectivity index (χ3n) is 11.1. The highest BCUT2D eigenvalue weighted by atomic mass is 16.6. The molecule has 0 aliphatic carbocycles. The predicted octanol–water partition coefficient (Wildman–Crippen LogP) is 9.85. The average Bonchev–Trinajstić information content (AvgIpc) is 3.52. The molecule has 3 heterocycles.